The normalized spacial score (nSPS) is 13.1. The fraction of sp³-hybridized carbons (Fsp3) is 0.318. The average molecular weight is 1330 g/mol. The molecule has 8 rings (SSSR count). The van der Waals surface area contributed by atoms with Crippen molar-refractivity contribution >= 4 is 38.8 Å². The van der Waals surface area contributed by atoms with Crippen LogP contribution in [-0.4, -0.2) is 6.15 Å². The molecule has 0 saturated heterocycles. The summed E-state index contributed by atoms with van der Waals surface area (Å²) < 4.78 is 343. The molecule has 0 amide bonds. The molecule has 1 nitrogen and oxygen atoms in total. The Kier molecular flexibility index (Phi) is 21.8. The molecule has 0 aliphatic carbocycles. The molecule has 0 fully saturated rings. The zero-order valence-electron chi connectivity index (χ0n) is 48.2. The molecule has 8 aromatic rings. The van der Waals surface area contributed by atoms with Crippen LogP contribution in [0.2, 0.25) is 0 Å². The number of nitrogens with zero attached hydrogens (tertiary/aromatic N) is 1. The molecule has 0 unspecified atom stereocenters. The van der Waals surface area contributed by atoms with Gasteiger partial charge in [-0.3, -0.25) is 0 Å². The summed E-state index contributed by atoms with van der Waals surface area (Å²) >= 11 is 0. The standard InChI is InChI=1S/C34H42N.C32H12BF24/c1-2-3-4-5-6-7-8-9-10-12-17-29-22-24-32(25-23-29)34-33-21-16-15-20-31(33)26-27-35(34)28-30-18-13-11-14-19-30;34-25(35,36)13-1-14(26(37,38)39)6-21(5-13)33(22-7-15(27(40,41)42)2-16(8-22)28(43,44)45,23-9-17(29(46,47)48)3-18(10-23)30(49,50)51)24-11-19(31(52,53)54)4-20(12-24)32(55,56)57/h11,13-16,18-27H,2-10,12,17,28H2,1H3;1-12H/q+1;-1. The Morgan fingerprint density at radius 1 is 0.304 bits per heavy atom. The molecule has 26 heteroatoms. The molecule has 0 atom stereocenters. The SMILES string of the molecule is CCCCCCCCCCCCc1ccc(-c2c3ccccc3cc[n+]2Cc2ccccc2)cc1.FC(F)(F)c1cc([B-](c2cc(C(F)(F)F)cc(C(F)(F)F)c2)(c2cc(C(F)(F)F)cc(C(F)(F)F)c2)c2cc(C(F)(F)F)cc(C(F)(F)F)c2)cc(C(F)(F)F)c1. The van der Waals surface area contributed by atoms with E-state index in [4.69, 9.17) is 0 Å². The Balaban J connectivity index is 0.000000292. The lowest BCUT2D eigenvalue weighted by atomic mass is 9.12. The van der Waals surface area contributed by atoms with E-state index >= 15 is 0 Å². The minimum atomic E-state index is -6.13. The van der Waals surface area contributed by atoms with Gasteiger partial charge in [0.1, 0.15) is 6.15 Å². The highest BCUT2D eigenvalue weighted by molar-refractivity contribution is 7.20. The highest BCUT2D eigenvalue weighted by atomic mass is 19.4. The minimum Gasteiger partial charge on any atom is -0.194 e. The van der Waals surface area contributed by atoms with Gasteiger partial charge in [0, 0.05) is 17.2 Å². The molecule has 0 bridgehead atoms. The van der Waals surface area contributed by atoms with E-state index in [1.807, 2.05) is 0 Å². The van der Waals surface area contributed by atoms with E-state index in [1.54, 1.807) is 0 Å². The van der Waals surface area contributed by atoms with Gasteiger partial charge < -0.3 is 0 Å². The van der Waals surface area contributed by atoms with Crippen LogP contribution >= 0.6 is 0 Å². The third kappa shape index (κ3) is 17.9. The van der Waals surface area contributed by atoms with Crippen molar-refractivity contribution in [1.82, 2.24) is 0 Å². The van der Waals surface area contributed by atoms with Crippen molar-refractivity contribution in [3.63, 3.8) is 0 Å². The van der Waals surface area contributed by atoms with Gasteiger partial charge >= 0.3 is 49.4 Å². The van der Waals surface area contributed by atoms with Gasteiger partial charge in [-0.2, -0.15) is 132 Å². The predicted octanol–water partition coefficient (Wildman–Crippen LogP) is 20.5. The first-order chi connectivity index (χ1) is 42.6. The van der Waals surface area contributed by atoms with E-state index < -0.39 is 195 Å². The Bertz CT molecular complexity index is 3340. The van der Waals surface area contributed by atoms with Crippen LogP contribution in [0.15, 0.2) is 164 Å². The maximum Gasteiger partial charge on any atom is 0.416 e. The summed E-state index contributed by atoms with van der Waals surface area (Å²) in [6.07, 6.45) is -37.4. The van der Waals surface area contributed by atoms with E-state index in [0.29, 0.717) is 0 Å². The number of halogens is 24. The highest BCUT2D eigenvalue weighted by Crippen LogP contribution is 2.42. The zero-order chi connectivity index (χ0) is 68.0. The summed E-state index contributed by atoms with van der Waals surface area (Å²) in [7, 11) is 0. The Morgan fingerprint density at radius 2 is 0.609 bits per heavy atom. The number of rotatable bonds is 18. The van der Waals surface area contributed by atoms with E-state index in [0.717, 1.165) is 6.54 Å². The quantitative estimate of drug-likeness (QED) is 0.0349. The lowest BCUT2D eigenvalue weighted by Gasteiger charge is -2.46. The second-order valence-corrected chi connectivity index (χ2v) is 22.2. The number of alkyl halides is 24. The molecular formula is C66H54BF24N. The maximum absolute atomic E-state index is 14.2. The van der Waals surface area contributed by atoms with Crippen LogP contribution in [0, 0.1) is 0 Å². The molecule has 0 N–H and O–H groups in total. The zero-order valence-corrected chi connectivity index (χ0v) is 48.2. The topological polar surface area (TPSA) is 3.88 Å². The molecule has 0 radical (unpaired) electrons. The number of hydrogen-bond acceptors (Lipinski definition) is 0. The van der Waals surface area contributed by atoms with Crippen molar-refractivity contribution in [3.8, 4) is 11.3 Å². The first kappa shape index (κ1) is 71.8. The van der Waals surface area contributed by atoms with Gasteiger partial charge in [-0.1, -0.05) is 174 Å². The summed E-state index contributed by atoms with van der Waals surface area (Å²) in [5.41, 5.74) is -24.8. The molecule has 0 spiro atoms. The Hall–Kier alpha value is -7.67. The third-order valence-corrected chi connectivity index (χ3v) is 15.6. The summed E-state index contributed by atoms with van der Waals surface area (Å²) in [5.74, 6) is 0. The van der Waals surface area contributed by atoms with Gasteiger partial charge in [-0.05, 0) is 66.3 Å². The second-order valence-electron chi connectivity index (χ2n) is 22.2. The van der Waals surface area contributed by atoms with Crippen LogP contribution in [0.3, 0.4) is 0 Å². The average Bonchev–Trinajstić information content (AvgIpc) is 0.710. The molecule has 7 aromatic carbocycles. The Morgan fingerprint density at radius 3 is 0.935 bits per heavy atom. The van der Waals surface area contributed by atoms with E-state index in [1.165, 1.54) is 104 Å². The number of pyridine rings is 1. The van der Waals surface area contributed by atoms with E-state index in [2.05, 4.69) is 103 Å². The number of aromatic nitrogens is 1. The molecule has 0 aliphatic heterocycles. The van der Waals surface area contributed by atoms with Crippen LogP contribution in [0.5, 0.6) is 0 Å². The van der Waals surface area contributed by atoms with Gasteiger partial charge in [0.2, 0.25) is 5.69 Å². The van der Waals surface area contributed by atoms with Gasteiger partial charge in [0.15, 0.2) is 12.7 Å². The highest BCUT2D eigenvalue weighted by Gasteiger charge is 2.47. The smallest absolute Gasteiger partial charge is 0.194 e. The first-order valence-electron chi connectivity index (χ1n) is 28.5. The number of benzene rings is 7. The third-order valence-electron chi connectivity index (χ3n) is 15.6. The molecular weight excluding hydrogens is 1270 g/mol. The van der Waals surface area contributed by atoms with E-state index in [9.17, 15) is 105 Å². The fourth-order valence-corrected chi connectivity index (χ4v) is 11.2. The van der Waals surface area contributed by atoms with Crippen molar-refractivity contribution in [1.29, 1.82) is 0 Å². The maximum atomic E-state index is 14.2. The van der Waals surface area contributed by atoms with Crippen molar-refractivity contribution in [2.45, 2.75) is 134 Å². The lowest BCUT2D eigenvalue weighted by Crippen LogP contribution is -2.75. The van der Waals surface area contributed by atoms with Gasteiger partial charge in [-0.25, -0.2) is 0 Å². The number of aryl methyl sites for hydroxylation is 1. The molecule has 1 aromatic heterocycles. The van der Waals surface area contributed by atoms with Crippen molar-refractivity contribution in [2.75, 3.05) is 0 Å². The molecule has 1 heterocycles. The second kappa shape index (κ2) is 27.9. The van der Waals surface area contributed by atoms with E-state index in [-0.39, 0.29) is 0 Å². The van der Waals surface area contributed by atoms with Crippen LogP contribution in [0.25, 0.3) is 22.0 Å². The monoisotopic (exact) mass is 1330 g/mol. The lowest BCUT2D eigenvalue weighted by molar-refractivity contribution is -0.676. The molecule has 92 heavy (non-hydrogen) atoms. The van der Waals surface area contributed by atoms with Crippen LogP contribution in [0.1, 0.15) is 127 Å². The van der Waals surface area contributed by atoms with Crippen molar-refractivity contribution in [3.05, 3.63) is 220 Å². The van der Waals surface area contributed by atoms with Gasteiger partial charge in [0.25, 0.3) is 0 Å². The molecule has 0 aliphatic rings. The summed E-state index contributed by atoms with van der Waals surface area (Å²) in [5, 5.41) is 2.61. The number of fused-ring (bicyclic) bond motifs is 1. The van der Waals surface area contributed by atoms with Crippen LogP contribution < -0.4 is 26.4 Å². The first-order valence-corrected chi connectivity index (χ1v) is 28.5. The van der Waals surface area contributed by atoms with Crippen LogP contribution in [0.4, 0.5) is 105 Å². The summed E-state index contributed by atoms with van der Waals surface area (Å²) in [4.78, 5) is 0. The Labute approximate surface area is 511 Å². The van der Waals surface area contributed by atoms with Gasteiger partial charge in [-0.15, -0.1) is 0 Å². The van der Waals surface area contributed by atoms with Crippen LogP contribution in [-0.2, 0) is 62.4 Å². The predicted molar refractivity (Wildman–Crippen MR) is 301 cm³/mol. The van der Waals surface area contributed by atoms with Gasteiger partial charge in [0.05, 0.1) is 49.9 Å². The summed E-state index contributed by atoms with van der Waals surface area (Å²) in [6.45, 7) is 3.17. The minimum absolute atomic E-state index is 0.691. The number of hydrogen-bond donors (Lipinski definition) is 0. The molecule has 0 saturated carbocycles. The summed E-state index contributed by atoms with van der Waals surface area (Å²) in [6, 6.07) is 22.3. The van der Waals surface area contributed by atoms with Crippen molar-refractivity contribution in [2.24, 2.45) is 0 Å². The largest absolute Gasteiger partial charge is 0.416 e. The number of unbranched alkanes of at least 4 members (excludes halogenated alkanes) is 9. The molecule has 494 valence electrons. The fourth-order valence-electron chi connectivity index (χ4n) is 11.2. The van der Waals surface area contributed by atoms with Crippen molar-refractivity contribution < 1.29 is 110 Å².